The standard InChI is InChI=1S/C76H46N8.2Ni/c1-7-19-47(20-8-1)69-56-32-31-53(77-56)45-54-46-55(76(78-54)74(52-29-17-6-18-30-52)66-42-39-63(82-66)71(49-23-11-3-12-24-49)60-34-33-57(69)79-60)75-67-43-40-64(83-67)72(50-25-13-4-14-26-50)61-37-35-58(80-61)70(48-21-9-2-10-22-48)59-36-38-62(81-59)73(51-27-15-5-16-28-51)65-41-44-68(75)84-65;;/h1-46H;;/q-4;2*+2. The minimum atomic E-state index is 0. The van der Waals surface area contributed by atoms with Crippen LogP contribution in [0.25, 0.3) is 171 Å². The van der Waals surface area contributed by atoms with Gasteiger partial charge in [-0.2, -0.15) is 0 Å². The smallest absolute Gasteiger partial charge is 0.657 e. The van der Waals surface area contributed by atoms with Crippen LogP contribution in [0.15, 0.2) is 231 Å². The fourth-order valence-electron chi connectivity index (χ4n) is 12.1. The zero-order chi connectivity index (χ0) is 55.5. The Morgan fingerprint density at radius 1 is 0.221 bits per heavy atom. The Labute approximate surface area is 516 Å². The van der Waals surface area contributed by atoms with Gasteiger partial charge in [0, 0.05) is 0 Å². The minimum Gasteiger partial charge on any atom is -0.657 e. The molecule has 6 aromatic heterocycles. The topological polar surface area (TPSA) is 108 Å². The summed E-state index contributed by atoms with van der Waals surface area (Å²) < 4.78 is 0. The van der Waals surface area contributed by atoms with E-state index in [9.17, 15) is 0 Å². The molecule has 4 aliphatic rings. The zero-order valence-corrected chi connectivity index (χ0v) is 47.7. The van der Waals surface area contributed by atoms with Crippen molar-refractivity contribution in [3.05, 3.63) is 276 Å². The van der Waals surface area contributed by atoms with Gasteiger partial charge in [-0.15, -0.1) is 44.1 Å². The second kappa shape index (κ2) is 22.6. The molecule has 12 aromatic rings. The van der Waals surface area contributed by atoms with Crippen LogP contribution in [0.4, 0.5) is 0 Å². The second-order valence-electron chi connectivity index (χ2n) is 21.0. The molecule has 16 rings (SSSR count). The number of hydrogen-bond acceptors (Lipinski definition) is 4. The van der Waals surface area contributed by atoms with Gasteiger partial charge in [0.25, 0.3) is 0 Å². The molecule has 0 atom stereocenters. The van der Waals surface area contributed by atoms with Crippen LogP contribution in [0.5, 0.6) is 0 Å². The second-order valence-corrected chi connectivity index (χ2v) is 21.0. The van der Waals surface area contributed by atoms with Crippen LogP contribution in [0.3, 0.4) is 0 Å². The Bertz CT molecular complexity index is 5060. The van der Waals surface area contributed by atoms with Gasteiger partial charge < -0.3 is 19.9 Å². The molecule has 6 aromatic carbocycles. The quantitative estimate of drug-likeness (QED) is 0.145. The molecule has 0 spiro atoms. The van der Waals surface area contributed by atoms with E-state index in [2.05, 4.69) is 243 Å². The van der Waals surface area contributed by atoms with E-state index in [-0.39, 0.29) is 33.0 Å². The molecule has 410 valence electrons. The predicted molar refractivity (Wildman–Crippen MR) is 345 cm³/mol. The maximum atomic E-state index is 5.70. The molecule has 4 aliphatic heterocycles. The number of nitrogens with zero attached hydrogens (tertiary/aromatic N) is 8. The minimum absolute atomic E-state index is 0. The number of rotatable bonds is 7. The summed E-state index contributed by atoms with van der Waals surface area (Å²) in [6, 6.07) is 79.3. The SMILES string of the molecule is C1=Cc2nc1cc1cc(-c3c4nc(c(-c5ccccc5)c5ccc([n-]5)c(-c5ccccc5)c5nc(c(-c6ccccc6)c6ccc3[n-]6)C=C5)C=C4)c([n-]1)c(-c1ccccc1)c1nc(c(-c3ccccc3)c3ccc([n-]3)c2-c2ccccc2)C=C1.[Ni+2].[Ni+2]. The van der Waals surface area contributed by atoms with E-state index in [1.807, 2.05) is 36.4 Å². The van der Waals surface area contributed by atoms with Gasteiger partial charge in [0.2, 0.25) is 0 Å². The molecule has 0 saturated heterocycles. The molecular formula is C76H46N8Ni2. The van der Waals surface area contributed by atoms with Gasteiger partial charge in [0.1, 0.15) is 0 Å². The van der Waals surface area contributed by atoms with Gasteiger partial charge in [-0.05, 0) is 126 Å². The van der Waals surface area contributed by atoms with Crippen LogP contribution < -0.4 is 19.9 Å². The molecule has 0 unspecified atom stereocenters. The summed E-state index contributed by atoms with van der Waals surface area (Å²) in [6.07, 6.45) is 16.8. The number of aromatic nitrogens is 8. The maximum Gasteiger partial charge on any atom is 2.00 e. The fraction of sp³-hybridized carbons (Fsp3) is 0. The van der Waals surface area contributed by atoms with Crippen LogP contribution in [0.2, 0.25) is 0 Å². The molecule has 10 heteroatoms. The fourth-order valence-corrected chi connectivity index (χ4v) is 12.1. The zero-order valence-electron chi connectivity index (χ0n) is 45.8. The van der Waals surface area contributed by atoms with E-state index in [4.69, 9.17) is 39.9 Å². The van der Waals surface area contributed by atoms with E-state index >= 15 is 0 Å². The Morgan fingerprint density at radius 3 is 0.802 bits per heavy atom. The Kier molecular flexibility index (Phi) is 14.1. The van der Waals surface area contributed by atoms with Crippen LogP contribution >= 0.6 is 0 Å². The van der Waals surface area contributed by atoms with Crippen molar-refractivity contribution >= 4 is 92.7 Å². The van der Waals surface area contributed by atoms with Crippen LogP contribution in [0, 0.1) is 0 Å². The van der Waals surface area contributed by atoms with E-state index in [1.165, 1.54) is 0 Å². The van der Waals surface area contributed by atoms with Crippen molar-refractivity contribution in [1.29, 1.82) is 0 Å². The first-order valence-electron chi connectivity index (χ1n) is 28.1. The van der Waals surface area contributed by atoms with Crippen LogP contribution in [-0.2, 0) is 33.0 Å². The molecule has 0 radical (unpaired) electrons. The van der Waals surface area contributed by atoms with Gasteiger partial charge in [-0.1, -0.05) is 231 Å². The van der Waals surface area contributed by atoms with E-state index < -0.39 is 0 Å². The number of benzene rings is 6. The summed E-state index contributed by atoms with van der Waals surface area (Å²) in [6.45, 7) is 0. The van der Waals surface area contributed by atoms with Gasteiger partial charge in [-0.25, -0.2) is 19.9 Å². The van der Waals surface area contributed by atoms with Gasteiger partial charge in [0.05, 0.1) is 45.6 Å². The first-order chi connectivity index (χ1) is 41.6. The third-order valence-corrected chi connectivity index (χ3v) is 15.8. The third kappa shape index (κ3) is 9.61. The molecule has 0 amide bonds. The summed E-state index contributed by atoms with van der Waals surface area (Å²) in [5, 5.41) is 0. The first-order valence-corrected chi connectivity index (χ1v) is 28.1. The average Bonchev–Trinajstić information content (AvgIpc) is 1.97. The van der Waals surface area contributed by atoms with E-state index in [0.29, 0.717) is 11.0 Å². The summed E-state index contributed by atoms with van der Waals surface area (Å²) >= 11 is 0. The molecule has 0 saturated carbocycles. The Morgan fingerprint density at radius 2 is 0.477 bits per heavy atom. The van der Waals surface area contributed by atoms with E-state index in [1.54, 1.807) is 0 Å². The number of hydrogen-bond donors (Lipinski definition) is 0. The Hall–Kier alpha value is -10.5. The van der Waals surface area contributed by atoms with Crippen molar-refractivity contribution in [3.63, 3.8) is 0 Å². The number of fused-ring (bicyclic) bond motifs is 16. The third-order valence-electron chi connectivity index (χ3n) is 15.8. The molecule has 86 heavy (non-hydrogen) atoms. The molecule has 10 heterocycles. The average molecular weight is 1190 g/mol. The molecule has 16 bridgehead atoms. The van der Waals surface area contributed by atoms with Crippen LogP contribution in [-0.4, -0.2) is 19.9 Å². The van der Waals surface area contributed by atoms with Gasteiger partial charge in [0.15, 0.2) is 0 Å². The van der Waals surface area contributed by atoms with Crippen molar-refractivity contribution in [3.8, 4) is 77.9 Å². The molecule has 0 fully saturated rings. The van der Waals surface area contributed by atoms with Gasteiger partial charge in [-0.3, -0.25) is 0 Å². The molecule has 0 N–H and O–H groups in total. The largest absolute Gasteiger partial charge is 2.00 e. The first kappa shape index (κ1) is 53.5. The summed E-state index contributed by atoms with van der Waals surface area (Å²) in [5.74, 6) is 0. The van der Waals surface area contributed by atoms with Crippen molar-refractivity contribution < 1.29 is 33.0 Å². The summed E-state index contributed by atoms with van der Waals surface area (Å²) in [4.78, 5) is 44.5. The predicted octanol–water partition coefficient (Wildman–Crippen LogP) is 17.8. The van der Waals surface area contributed by atoms with Crippen molar-refractivity contribution in [2.45, 2.75) is 0 Å². The normalized spacial score (nSPS) is 12.0. The monoisotopic (exact) mass is 1190 g/mol. The summed E-state index contributed by atoms with van der Waals surface area (Å²) in [7, 11) is 0. The van der Waals surface area contributed by atoms with Crippen molar-refractivity contribution in [2.24, 2.45) is 0 Å². The van der Waals surface area contributed by atoms with E-state index in [0.717, 1.165) is 157 Å². The van der Waals surface area contributed by atoms with Crippen molar-refractivity contribution in [2.75, 3.05) is 0 Å². The van der Waals surface area contributed by atoms with Gasteiger partial charge >= 0.3 is 33.0 Å². The molecule has 8 nitrogen and oxygen atoms in total. The molecular weight excluding hydrogens is 1140 g/mol. The molecule has 0 aliphatic carbocycles. The Balaban J connectivity index is 0.00000327. The van der Waals surface area contributed by atoms with Crippen LogP contribution in [0.1, 0.15) is 45.6 Å². The summed E-state index contributed by atoms with van der Waals surface area (Å²) in [5.41, 5.74) is 25.4. The maximum absolute atomic E-state index is 5.70. The van der Waals surface area contributed by atoms with Crippen molar-refractivity contribution in [1.82, 2.24) is 39.9 Å².